The summed E-state index contributed by atoms with van der Waals surface area (Å²) in [6.45, 7) is 8.98. The van der Waals surface area contributed by atoms with Gasteiger partial charge in [0.15, 0.2) is 5.96 Å². The lowest BCUT2D eigenvalue weighted by atomic mass is 10.1. The van der Waals surface area contributed by atoms with Gasteiger partial charge in [-0.15, -0.1) is 24.0 Å². The highest BCUT2D eigenvalue weighted by atomic mass is 127. The quantitative estimate of drug-likeness (QED) is 0.223. The summed E-state index contributed by atoms with van der Waals surface area (Å²) in [4.78, 5) is 21.4. The van der Waals surface area contributed by atoms with E-state index in [1.165, 1.54) is 12.0 Å². The molecule has 3 rings (SSSR count). The van der Waals surface area contributed by atoms with Crippen LogP contribution in [0.2, 0.25) is 0 Å². The summed E-state index contributed by atoms with van der Waals surface area (Å²) in [5.41, 5.74) is 1.23. The Hall–Kier alpha value is -1.35. The van der Waals surface area contributed by atoms with Gasteiger partial charge in [0, 0.05) is 51.6 Å². The minimum atomic E-state index is 0. The monoisotopic (exact) mass is 542 g/mol. The van der Waals surface area contributed by atoms with Crippen LogP contribution in [0.25, 0.3) is 0 Å². The Morgan fingerprint density at radius 2 is 2.03 bits per heavy atom. The molecule has 7 heteroatoms. The molecule has 1 N–H and O–H groups in total. The molecular formula is C24H39IN4O2. The van der Waals surface area contributed by atoms with Crippen molar-refractivity contribution < 1.29 is 9.53 Å². The first-order chi connectivity index (χ1) is 14.8. The van der Waals surface area contributed by atoms with Crippen LogP contribution in [0.3, 0.4) is 0 Å². The van der Waals surface area contributed by atoms with Crippen molar-refractivity contribution >= 4 is 35.8 Å². The van der Waals surface area contributed by atoms with Gasteiger partial charge in [0.25, 0.3) is 0 Å². The molecule has 0 radical (unpaired) electrons. The third-order valence-corrected chi connectivity index (χ3v) is 5.90. The summed E-state index contributed by atoms with van der Waals surface area (Å²) in [6, 6.07) is 10.4. The predicted molar refractivity (Wildman–Crippen MR) is 137 cm³/mol. The number of carbonyl (C=O) groups excluding carboxylic acids is 1. The van der Waals surface area contributed by atoms with Gasteiger partial charge in [-0.1, -0.05) is 36.8 Å². The minimum absolute atomic E-state index is 0. The molecule has 0 spiro atoms. The summed E-state index contributed by atoms with van der Waals surface area (Å²) in [6.07, 6.45) is 6.14. The number of hydrogen-bond donors (Lipinski definition) is 1. The van der Waals surface area contributed by atoms with Crippen molar-refractivity contribution in [3.8, 4) is 0 Å². The third-order valence-electron chi connectivity index (χ3n) is 5.90. The second kappa shape index (κ2) is 14.7. The van der Waals surface area contributed by atoms with E-state index in [1.54, 1.807) is 0 Å². The van der Waals surface area contributed by atoms with Gasteiger partial charge < -0.3 is 19.9 Å². The van der Waals surface area contributed by atoms with E-state index < -0.39 is 0 Å². The van der Waals surface area contributed by atoms with E-state index in [2.05, 4.69) is 41.4 Å². The molecule has 31 heavy (non-hydrogen) atoms. The molecule has 1 atom stereocenters. The van der Waals surface area contributed by atoms with Crippen molar-refractivity contribution in [1.29, 1.82) is 0 Å². The molecule has 1 amide bonds. The fourth-order valence-corrected chi connectivity index (χ4v) is 4.23. The number of carbonyl (C=O) groups is 1. The Labute approximate surface area is 204 Å². The fourth-order valence-electron chi connectivity index (χ4n) is 4.23. The molecule has 1 aromatic carbocycles. The van der Waals surface area contributed by atoms with Gasteiger partial charge in [-0.25, -0.2) is 0 Å². The summed E-state index contributed by atoms with van der Waals surface area (Å²) in [5, 5.41) is 3.44. The molecule has 6 nitrogen and oxygen atoms in total. The number of rotatable bonds is 9. The summed E-state index contributed by atoms with van der Waals surface area (Å²) < 4.78 is 5.95. The van der Waals surface area contributed by atoms with Crippen LogP contribution in [0, 0.1) is 5.92 Å². The minimum Gasteiger partial charge on any atom is -0.376 e. The van der Waals surface area contributed by atoms with Crippen LogP contribution >= 0.6 is 24.0 Å². The van der Waals surface area contributed by atoms with Gasteiger partial charge in [-0.3, -0.25) is 9.79 Å². The first-order valence-electron chi connectivity index (χ1n) is 11.7. The second-order valence-corrected chi connectivity index (χ2v) is 8.38. The molecule has 0 bridgehead atoms. The molecule has 2 heterocycles. The van der Waals surface area contributed by atoms with E-state index in [0.29, 0.717) is 24.9 Å². The van der Waals surface area contributed by atoms with Gasteiger partial charge in [0.1, 0.15) is 0 Å². The Kier molecular flexibility index (Phi) is 12.3. The Morgan fingerprint density at radius 3 is 2.84 bits per heavy atom. The van der Waals surface area contributed by atoms with E-state index in [4.69, 9.17) is 9.73 Å². The van der Waals surface area contributed by atoms with Crippen LogP contribution in [0.4, 0.5) is 0 Å². The maximum atomic E-state index is 12.1. The van der Waals surface area contributed by atoms with Crippen LogP contribution in [0.15, 0.2) is 35.3 Å². The second-order valence-electron chi connectivity index (χ2n) is 8.38. The van der Waals surface area contributed by atoms with Gasteiger partial charge in [-0.05, 0) is 38.2 Å². The third kappa shape index (κ3) is 8.96. The van der Waals surface area contributed by atoms with E-state index in [9.17, 15) is 4.79 Å². The number of likely N-dealkylation sites (tertiary alicyclic amines) is 2. The largest absolute Gasteiger partial charge is 0.376 e. The maximum Gasteiger partial charge on any atom is 0.222 e. The van der Waals surface area contributed by atoms with Gasteiger partial charge >= 0.3 is 0 Å². The average molecular weight is 543 g/mol. The van der Waals surface area contributed by atoms with Crippen molar-refractivity contribution in [3.63, 3.8) is 0 Å². The van der Waals surface area contributed by atoms with Crippen LogP contribution < -0.4 is 5.32 Å². The SMILES string of the molecule is CCNC(=NCCCN1CCCCCC1=O)N1CCC(COCc2ccccc2)C1.I. The zero-order valence-electron chi connectivity index (χ0n) is 18.9. The van der Waals surface area contributed by atoms with Crippen molar-refractivity contribution in [2.24, 2.45) is 10.9 Å². The van der Waals surface area contributed by atoms with Crippen molar-refractivity contribution in [2.75, 3.05) is 45.9 Å². The molecule has 174 valence electrons. The van der Waals surface area contributed by atoms with E-state index in [0.717, 1.165) is 77.5 Å². The Bertz CT molecular complexity index is 671. The number of aliphatic imine (C=N–C) groups is 1. The zero-order valence-corrected chi connectivity index (χ0v) is 21.3. The van der Waals surface area contributed by atoms with Crippen LogP contribution in [0.1, 0.15) is 51.0 Å². The maximum absolute atomic E-state index is 12.1. The van der Waals surface area contributed by atoms with Crippen LogP contribution in [-0.4, -0.2) is 67.5 Å². The molecular weight excluding hydrogens is 503 g/mol. The van der Waals surface area contributed by atoms with Crippen LogP contribution in [0.5, 0.6) is 0 Å². The molecule has 0 saturated carbocycles. The number of hydrogen-bond acceptors (Lipinski definition) is 3. The van der Waals surface area contributed by atoms with Gasteiger partial charge in [-0.2, -0.15) is 0 Å². The normalized spacial score (nSPS) is 19.8. The molecule has 2 aliphatic heterocycles. The standard InChI is InChI=1S/C24H38N4O2.HI/c1-2-25-24(26-14-9-16-27-15-8-4-7-12-23(27)29)28-17-13-22(18-28)20-30-19-21-10-5-3-6-11-21;/h3,5-6,10-11,22H,2,4,7-9,12-20H2,1H3,(H,25,26);1H. The Morgan fingerprint density at radius 1 is 1.19 bits per heavy atom. The average Bonchev–Trinajstić information content (AvgIpc) is 3.13. The number of ether oxygens (including phenoxy) is 1. The molecule has 2 saturated heterocycles. The molecule has 2 aliphatic rings. The number of halogens is 1. The molecule has 0 aromatic heterocycles. The summed E-state index contributed by atoms with van der Waals surface area (Å²) in [5.74, 6) is 1.87. The molecule has 2 fully saturated rings. The topological polar surface area (TPSA) is 57.2 Å². The lowest BCUT2D eigenvalue weighted by molar-refractivity contribution is -0.130. The van der Waals surface area contributed by atoms with Crippen molar-refractivity contribution in [1.82, 2.24) is 15.1 Å². The fraction of sp³-hybridized carbons (Fsp3) is 0.667. The highest BCUT2D eigenvalue weighted by Gasteiger charge is 2.25. The number of nitrogens with zero attached hydrogens (tertiary/aromatic N) is 3. The van der Waals surface area contributed by atoms with E-state index in [1.807, 2.05) is 11.0 Å². The molecule has 1 unspecified atom stereocenters. The van der Waals surface area contributed by atoms with Crippen molar-refractivity contribution in [3.05, 3.63) is 35.9 Å². The predicted octanol–water partition coefficient (Wildman–Crippen LogP) is 3.90. The number of benzene rings is 1. The number of guanidine groups is 1. The smallest absolute Gasteiger partial charge is 0.222 e. The molecule has 0 aliphatic carbocycles. The van der Waals surface area contributed by atoms with Gasteiger partial charge in [0.2, 0.25) is 5.91 Å². The first-order valence-corrected chi connectivity index (χ1v) is 11.7. The van der Waals surface area contributed by atoms with Crippen LogP contribution in [-0.2, 0) is 16.1 Å². The van der Waals surface area contributed by atoms with Gasteiger partial charge in [0.05, 0.1) is 13.2 Å². The van der Waals surface area contributed by atoms with Crippen molar-refractivity contribution in [2.45, 2.75) is 52.1 Å². The van der Waals surface area contributed by atoms with E-state index in [-0.39, 0.29) is 24.0 Å². The summed E-state index contributed by atoms with van der Waals surface area (Å²) >= 11 is 0. The first kappa shape index (κ1) is 25.9. The highest BCUT2D eigenvalue weighted by molar-refractivity contribution is 14.0. The lowest BCUT2D eigenvalue weighted by Gasteiger charge is -2.22. The van der Waals surface area contributed by atoms with E-state index >= 15 is 0 Å². The summed E-state index contributed by atoms with van der Waals surface area (Å²) in [7, 11) is 0. The Balaban J connectivity index is 0.00000341. The number of nitrogens with one attached hydrogen (secondary N) is 1. The number of amides is 1. The molecule has 1 aromatic rings. The zero-order chi connectivity index (χ0) is 21.0. The lowest BCUT2D eigenvalue weighted by Crippen LogP contribution is -2.40. The highest BCUT2D eigenvalue weighted by Crippen LogP contribution is 2.17.